The molecule has 0 aliphatic carbocycles. The van der Waals surface area contributed by atoms with Crippen molar-refractivity contribution in [3.63, 3.8) is 0 Å². The van der Waals surface area contributed by atoms with Gasteiger partial charge in [-0.2, -0.15) is 0 Å². The highest BCUT2D eigenvalue weighted by Gasteiger charge is 2.40. The smallest absolute Gasteiger partial charge is 0.263 e. The lowest BCUT2D eigenvalue weighted by molar-refractivity contribution is -0.150. The average molecular weight is 224 g/mol. The molecule has 0 aromatic heterocycles. The number of imide groups is 3. The Hall–Kier alpha value is -1.49. The second kappa shape index (κ2) is 3.83. The van der Waals surface area contributed by atoms with E-state index in [1.54, 1.807) is 20.8 Å². The molecule has 0 unspecified atom stereocenters. The summed E-state index contributed by atoms with van der Waals surface area (Å²) in [6.07, 6.45) is 1.15. The Kier molecular flexibility index (Phi) is 3.01. The van der Waals surface area contributed by atoms with E-state index in [0.717, 1.165) is 6.08 Å². The number of carbonyl (C=O) groups excluding carboxylic acids is 3. The highest BCUT2D eigenvalue weighted by molar-refractivity contribution is 6.25. The molecule has 0 fully saturated rings. The van der Waals surface area contributed by atoms with Crippen LogP contribution in [0.1, 0.15) is 27.7 Å². The molecule has 5 heteroatoms. The summed E-state index contributed by atoms with van der Waals surface area (Å²) < 4.78 is 0. The van der Waals surface area contributed by atoms with E-state index in [2.05, 4.69) is 0 Å². The van der Waals surface area contributed by atoms with Gasteiger partial charge in [-0.25, -0.2) is 4.90 Å². The van der Waals surface area contributed by atoms with Crippen molar-refractivity contribution in [1.82, 2.24) is 4.90 Å². The minimum Gasteiger partial charge on any atom is -0.319 e. The van der Waals surface area contributed by atoms with E-state index in [1.807, 2.05) is 0 Å². The Balaban J connectivity index is 2.94. The number of hydrogen-bond donors (Lipinski definition) is 1. The van der Waals surface area contributed by atoms with Crippen molar-refractivity contribution in [2.45, 2.75) is 33.7 Å². The molecule has 1 atom stereocenters. The zero-order valence-corrected chi connectivity index (χ0v) is 9.90. The fourth-order valence-electron chi connectivity index (χ4n) is 1.31. The zero-order valence-electron chi connectivity index (χ0n) is 9.90. The third kappa shape index (κ3) is 2.04. The molecule has 0 aromatic carbocycles. The van der Waals surface area contributed by atoms with Gasteiger partial charge >= 0.3 is 0 Å². The van der Waals surface area contributed by atoms with Crippen molar-refractivity contribution in [3.8, 4) is 0 Å². The van der Waals surface area contributed by atoms with Crippen LogP contribution in [-0.2, 0) is 14.4 Å². The number of rotatable bonds is 1. The van der Waals surface area contributed by atoms with Crippen LogP contribution < -0.4 is 5.73 Å². The van der Waals surface area contributed by atoms with Crippen molar-refractivity contribution >= 4 is 17.7 Å². The quantitative estimate of drug-likeness (QED) is 0.645. The minimum atomic E-state index is -0.875. The van der Waals surface area contributed by atoms with Gasteiger partial charge in [-0.15, -0.1) is 0 Å². The summed E-state index contributed by atoms with van der Waals surface area (Å²) in [6.45, 7) is 6.83. The van der Waals surface area contributed by atoms with Gasteiger partial charge in [-0.05, 0) is 12.3 Å². The van der Waals surface area contributed by atoms with E-state index in [9.17, 15) is 14.4 Å². The van der Waals surface area contributed by atoms with Crippen molar-refractivity contribution < 1.29 is 14.4 Å². The fourth-order valence-corrected chi connectivity index (χ4v) is 1.31. The van der Waals surface area contributed by atoms with E-state index < -0.39 is 29.2 Å². The third-order valence-corrected chi connectivity index (χ3v) is 2.52. The Morgan fingerprint density at radius 2 is 1.88 bits per heavy atom. The molecule has 3 amide bonds. The number of nitrogens with two attached hydrogens (primary N) is 1. The lowest BCUT2D eigenvalue weighted by Gasteiger charge is -2.28. The van der Waals surface area contributed by atoms with Gasteiger partial charge in [0.15, 0.2) is 0 Å². The second-order valence-corrected chi connectivity index (χ2v) is 4.99. The van der Waals surface area contributed by atoms with Gasteiger partial charge in [0, 0.05) is 11.6 Å². The molecule has 88 valence electrons. The first-order valence-corrected chi connectivity index (χ1v) is 5.02. The van der Waals surface area contributed by atoms with E-state index in [4.69, 9.17) is 5.73 Å². The van der Waals surface area contributed by atoms with Crippen LogP contribution in [0, 0.1) is 5.41 Å². The molecule has 0 radical (unpaired) electrons. The highest BCUT2D eigenvalue weighted by Crippen LogP contribution is 2.21. The largest absolute Gasteiger partial charge is 0.319 e. The molecule has 1 rings (SSSR count). The number of hydrogen-bond acceptors (Lipinski definition) is 4. The summed E-state index contributed by atoms with van der Waals surface area (Å²) in [5, 5.41) is 0. The third-order valence-electron chi connectivity index (χ3n) is 2.52. The van der Waals surface area contributed by atoms with Gasteiger partial charge in [-0.3, -0.25) is 14.4 Å². The lowest BCUT2D eigenvalue weighted by atomic mass is 9.86. The molecule has 1 aliphatic heterocycles. The van der Waals surface area contributed by atoms with Gasteiger partial charge < -0.3 is 5.73 Å². The molecule has 1 aliphatic rings. The summed E-state index contributed by atoms with van der Waals surface area (Å²) in [5.74, 6) is -1.82. The van der Waals surface area contributed by atoms with Crippen LogP contribution >= 0.6 is 0 Å². The molecule has 0 bridgehead atoms. The average Bonchev–Trinajstić information content (AvgIpc) is 2.38. The number of carbonyl (C=O) groups is 3. The van der Waals surface area contributed by atoms with Gasteiger partial charge in [0.2, 0.25) is 0 Å². The summed E-state index contributed by atoms with van der Waals surface area (Å²) in [5.41, 5.74) is 5.50. The predicted molar refractivity (Wildman–Crippen MR) is 58.0 cm³/mol. The fraction of sp³-hybridized carbons (Fsp3) is 0.545. The molecule has 2 N–H and O–H groups in total. The monoisotopic (exact) mass is 224 g/mol. The minimum absolute atomic E-state index is 0.263. The van der Waals surface area contributed by atoms with Crippen LogP contribution in [-0.4, -0.2) is 28.7 Å². The molecule has 1 heterocycles. The summed E-state index contributed by atoms with van der Waals surface area (Å²) in [4.78, 5) is 35.5. The zero-order chi connectivity index (χ0) is 12.7. The normalized spacial score (nSPS) is 18.8. The van der Waals surface area contributed by atoms with Crippen molar-refractivity contribution in [3.05, 3.63) is 11.6 Å². The SMILES string of the molecule is CC1=CC(=O)N(C(=O)[C@@H](N)C(C)(C)C)C1=O. The molecule has 0 saturated carbocycles. The van der Waals surface area contributed by atoms with Crippen LogP contribution in [0.5, 0.6) is 0 Å². The second-order valence-electron chi connectivity index (χ2n) is 4.99. The maximum Gasteiger partial charge on any atom is 0.263 e. The van der Waals surface area contributed by atoms with Crippen molar-refractivity contribution in [2.75, 3.05) is 0 Å². The summed E-state index contributed by atoms with van der Waals surface area (Å²) in [6, 6.07) is -0.875. The predicted octanol–water partition coefficient (Wildman–Crippen LogP) is 0.201. The Bertz CT molecular complexity index is 391. The first-order valence-electron chi connectivity index (χ1n) is 5.02. The van der Waals surface area contributed by atoms with Gasteiger partial charge in [0.1, 0.15) is 0 Å². The van der Waals surface area contributed by atoms with Crippen molar-refractivity contribution in [1.29, 1.82) is 0 Å². The van der Waals surface area contributed by atoms with Crippen molar-refractivity contribution in [2.24, 2.45) is 11.1 Å². The van der Waals surface area contributed by atoms with Crippen LogP contribution in [0.2, 0.25) is 0 Å². The molecule has 0 saturated heterocycles. The van der Waals surface area contributed by atoms with Crippen LogP contribution in [0.4, 0.5) is 0 Å². The summed E-state index contributed by atoms with van der Waals surface area (Å²) >= 11 is 0. The number of amides is 3. The van der Waals surface area contributed by atoms with Gasteiger partial charge in [0.25, 0.3) is 17.7 Å². The van der Waals surface area contributed by atoms with E-state index in [1.165, 1.54) is 6.92 Å². The number of nitrogens with zero attached hydrogens (tertiary/aromatic N) is 1. The van der Waals surface area contributed by atoms with E-state index in [0.29, 0.717) is 4.90 Å². The molecule has 16 heavy (non-hydrogen) atoms. The standard InChI is InChI=1S/C11H16N2O3/c1-6-5-7(14)13(9(6)15)10(16)8(12)11(2,3)4/h5,8H,12H2,1-4H3/t8-/m1/s1. The topological polar surface area (TPSA) is 80.5 Å². The molecule has 0 spiro atoms. The summed E-state index contributed by atoms with van der Waals surface area (Å²) in [7, 11) is 0. The van der Waals surface area contributed by atoms with E-state index in [-0.39, 0.29) is 5.57 Å². The first kappa shape index (κ1) is 12.6. The van der Waals surface area contributed by atoms with Crippen LogP contribution in [0.25, 0.3) is 0 Å². The van der Waals surface area contributed by atoms with E-state index >= 15 is 0 Å². The first-order chi connectivity index (χ1) is 7.16. The lowest BCUT2D eigenvalue weighted by Crippen LogP contribution is -2.52. The maximum absolute atomic E-state index is 11.9. The van der Waals surface area contributed by atoms with Crippen LogP contribution in [0.3, 0.4) is 0 Å². The highest BCUT2D eigenvalue weighted by atomic mass is 16.2. The van der Waals surface area contributed by atoms with Gasteiger partial charge in [0.05, 0.1) is 6.04 Å². The molecular formula is C11H16N2O3. The molecule has 0 aromatic rings. The maximum atomic E-state index is 11.9. The van der Waals surface area contributed by atoms with Gasteiger partial charge in [-0.1, -0.05) is 20.8 Å². The van der Waals surface area contributed by atoms with Crippen LogP contribution in [0.15, 0.2) is 11.6 Å². The molecular weight excluding hydrogens is 208 g/mol. The Morgan fingerprint density at radius 3 is 2.19 bits per heavy atom. The Labute approximate surface area is 94.3 Å². The Morgan fingerprint density at radius 1 is 1.38 bits per heavy atom. The molecule has 5 nitrogen and oxygen atoms in total.